The van der Waals surface area contributed by atoms with Crippen molar-refractivity contribution < 1.29 is 19.0 Å². The summed E-state index contributed by atoms with van der Waals surface area (Å²) in [6, 6.07) is 13.1. The van der Waals surface area contributed by atoms with Crippen LogP contribution in [-0.4, -0.2) is 33.0 Å². The lowest BCUT2D eigenvalue weighted by Crippen LogP contribution is -2.03. The Bertz CT molecular complexity index is 701. The Labute approximate surface area is 141 Å². The van der Waals surface area contributed by atoms with Crippen LogP contribution in [0.1, 0.15) is 11.1 Å². The molecule has 126 valence electrons. The van der Waals surface area contributed by atoms with Crippen molar-refractivity contribution in [3.05, 3.63) is 53.6 Å². The van der Waals surface area contributed by atoms with Gasteiger partial charge in [0.2, 0.25) is 0 Å². The number of nitrogens with zero attached hydrogens (tertiary/aromatic N) is 1. The molecular formula is C18H20N2O4. The highest BCUT2D eigenvalue weighted by molar-refractivity contribution is 5.85. The first-order valence-electron chi connectivity index (χ1n) is 7.41. The first kappa shape index (κ1) is 17.5. The maximum atomic E-state index is 10.5. The number of rotatable bonds is 9. The number of benzene rings is 2. The van der Waals surface area contributed by atoms with Gasteiger partial charge in [0.15, 0.2) is 13.1 Å². The highest BCUT2D eigenvalue weighted by atomic mass is 16.7. The SMILES string of the molecule is COCOc1ccc(OCC=O)c(/C=N/Nc2ccccc2C)c1. The monoisotopic (exact) mass is 328 g/mol. The number of ether oxygens (including phenoxy) is 3. The molecular weight excluding hydrogens is 308 g/mol. The van der Waals surface area contributed by atoms with E-state index in [4.69, 9.17) is 14.2 Å². The van der Waals surface area contributed by atoms with Gasteiger partial charge in [-0.2, -0.15) is 5.10 Å². The Hall–Kier alpha value is -2.86. The molecule has 0 amide bonds. The smallest absolute Gasteiger partial charge is 0.188 e. The van der Waals surface area contributed by atoms with E-state index >= 15 is 0 Å². The van der Waals surface area contributed by atoms with E-state index in [-0.39, 0.29) is 13.4 Å². The quantitative estimate of drug-likeness (QED) is 0.332. The number of anilines is 1. The molecule has 0 unspecified atom stereocenters. The van der Waals surface area contributed by atoms with Crippen molar-refractivity contribution in [3.63, 3.8) is 0 Å². The third-order valence-corrected chi connectivity index (χ3v) is 3.17. The van der Waals surface area contributed by atoms with Crippen LogP contribution in [0.2, 0.25) is 0 Å². The Morgan fingerprint density at radius 2 is 2.00 bits per heavy atom. The molecule has 0 fully saturated rings. The van der Waals surface area contributed by atoms with Gasteiger partial charge in [-0.05, 0) is 36.8 Å². The molecule has 0 heterocycles. The minimum atomic E-state index is -0.0235. The molecule has 2 aromatic rings. The Morgan fingerprint density at radius 3 is 2.75 bits per heavy atom. The third-order valence-electron chi connectivity index (χ3n) is 3.17. The summed E-state index contributed by atoms with van der Waals surface area (Å²) in [6.07, 6.45) is 2.31. The maximum Gasteiger partial charge on any atom is 0.188 e. The van der Waals surface area contributed by atoms with Gasteiger partial charge in [-0.3, -0.25) is 10.2 Å². The Morgan fingerprint density at radius 1 is 1.17 bits per heavy atom. The van der Waals surface area contributed by atoms with E-state index < -0.39 is 0 Å². The van der Waals surface area contributed by atoms with Crippen molar-refractivity contribution in [2.45, 2.75) is 6.92 Å². The summed E-state index contributed by atoms with van der Waals surface area (Å²) in [5, 5.41) is 4.23. The Kier molecular flexibility index (Phi) is 6.79. The number of nitrogens with one attached hydrogen (secondary N) is 1. The van der Waals surface area contributed by atoms with Crippen LogP contribution in [0.15, 0.2) is 47.6 Å². The first-order chi connectivity index (χ1) is 11.7. The van der Waals surface area contributed by atoms with Crippen LogP contribution < -0.4 is 14.9 Å². The largest absolute Gasteiger partial charge is 0.485 e. The summed E-state index contributed by atoms with van der Waals surface area (Å²) < 4.78 is 15.7. The fourth-order valence-electron chi connectivity index (χ4n) is 1.97. The van der Waals surface area contributed by atoms with Gasteiger partial charge in [0, 0.05) is 12.7 Å². The molecule has 6 nitrogen and oxygen atoms in total. The summed E-state index contributed by atoms with van der Waals surface area (Å²) in [5.74, 6) is 1.16. The summed E-state index contributed by atoms with van der Waals surface area (Å²) in [5.41, 5.74) is 5.67. The van der Waals surface area contributed by atoms with E-state index in [1.807, 2.05) is 31.2 Å². The van der Waals surface area contributed by atoms with Gasteiger partial charge in [0.05, 0.1) is 11.9 Å². The van der Waals surface area contributed by atoms with Crippen molar-refractivity contribution in [3.8, 4) is 11.5 Å². The molecule has 0 saturated carbocycles. The topological polar surface area (TPSA) is 69.2 Å². The molecule has 0 radical (unpaired) electrons. The zero-order chi connectivity index (χ0) is 17.2. The molecule has 2 rings (SSSR count). The van der Waals surface area contributed by atoms with Crippen molar-refractivity contribution >= 4 is 18.2 Å². The Balaban J connectivity index is 2.16. The summed E-state index contributed by atoms with van der Waals surface area (Å²) >= 11 is 0. The molecule has 0 bridgehead atoms. The number of para-hydroxylation sites is 1. The number of carbonyl (C=O) groups is 1. The molecule has 1 N–H and O–H groups in total. The van der Waals surface area contributed by atoms with Crippen LogP contribution in [-0.2, 0) is 9.53 Å². The summed E-state index contributed by atoms with van der Waals surface area (Å²) in [7, 11) is 1.55. The van der Waals surface area contributed by atoms with E-state index in [0.29, 0.717) is 23.3 Å². The second-order valence-electron chi connectivity index (χ2n) is 4.91. The fourth-order valence-corrected chi connectivity index (χ4v) is 1.97. The lowest BCUT2D eigenvalue weighted by Gasteiger charge is -2.10. The van der Waals surface area contributed by atoms with Crippen LogP contribution in [0.4, 0.5) is 5.69 Å². The molecule has 0 aliphatic rings. The summed E-state index contributed by atoms with van der Waals surface area (Å²) in [4.78, 5) is 10.5. The molecule has 2 aromatic carbocycles. The predicted molar refractivity (Wildman–Crippen MR) is 92.9 cm³/mol. The van der Waals surface area contributed by atoms with E-state index in [0.717, 1.165) is 11.3 Å². The molecule has 6 heteroatoms. The van der Waals surface area contributed by atoms with Gasteiger partial charge in [0.25, 0.3) is 0 Å². The van der Waals surface area contributed by atoms with Gasteiger partial charge in [-0.15, -0.1) is 0 Å². The summed E-state index contributed by atoms with van der Waals surface area (Å²) in [6.45, 7) is 2.12. The van der Waals surface area contributed by atoms with Crippen molar-refractivity contribution in [1.29, 1.82) is 0 Å². The van der Waals surface area contributed by atoms with Gasteiger partial charge < -0.3 is 14.2 Å². The number of aldehydes is 1. The number of hydrogen-bond acceptors (Lipinski definition) is 6. The minimum absolute atomic E-state index is 0.0235. The molecule has 0 aromatic heterocycles. The molecule has 0 atom stereocenters. The standard InChI is InChI=1S/C18H20N2O4/c1-14-5-3-4-6-17(14)20-19-12-15-11-16(24-13-22-2)7-8-18(15)23-10-9-21/h3-9,11-12,20H,10,13H2,1-2H3/b19-12+. The lowest BCUT2D eigenvalue weighted by atomic mass is 10.2. The minimum Gasteiger partial charge on any atom is -0.485 e. The van der Waals surface area contributed by atoms with Crippen LogP contribution >= 0.6 is 0 Å². The zero-order valence-corrected chi connectivity index (χ0v) is 13.7. The second-order valence-corrected chi connectivity index (χ2v) is 4.91. The van der Waals surface area contributed by atoms with Crippen LogP contribution in [0, 0.1) is 6.92 Å². The number of aryl methyl sites for hydroxylation is 1. The average Bonchev–Trinajstić information content (AvgIpc) is 2.60. The highest BCUT2D eigenvalue weighted by Crippen LogP contribution is 2.23. The normalized spacial score (nSPS) is 10.6. The molecule has 24 heavy (non-hydrogen) atoms. The molecule has 0 aliphatic heterocycles. The average molecular weight is 328 g/mol. The lowest BCUT2D eigenvalue weighted by molar-refractivity contribution is -0.109. The predicted octanol–water partition coefficient (Wildman–Crippen LogP) is 3.00. The van der Waals surface area contributed by atoms with Crippen molar-refractivity contribution in [2.75, 3.05) is 25.9 Å². The van der Waals surface area contributed by atoms with Gasteiger partial charge in [-0.25, -0.2) is 0 Å². The van der Waals surface area contributed by atoms with Crippen LogP contribution in [0.5, 0.6) is 11.5 Å². The van der Waals surface area contributed by atoms with Crippen LogP contribution in [0.3, 0.4) is 0 Å². The first-order valence-corrected chi connectivity index (χ1v) is 7.41. The van der Waals surface area contributed by atoms with E-state index in [1.54, 1.807) is 31.5 Å². The van der Waals surface area contributed by atoms with E-state index in [9.17, 15) is 4.79 Å². The number of hydrazone groups is 1. The van der Waals surface area contributed by atoms with Gasteiger partial charge in [0.1, 0.15) is 18.1 Å². The zero-order valence-electron chi connectivity index (χ0n) is 13.7. The van der Waals surface area contributed by atoms with E-state index in [2.05, 4.69) is 10.5 Å². The van der Waals surface area contributed by atoms with Gasteiger partial charge >= 0.3 is 0 Å². The van der Waals surface area contributed by atoms with Crippen molar-refractivity contribution in [2.24, 2.45) is 5.10 Å². The van der Waals surface area contributed by atoms with Crippen LogP contribution in [0.25, 0.3) is 0 Å². The van der Waals surface area contributed by atoms with E-state index in [1.165, 1.54) is 0 Å². The number of hydrogen-bond donors (Lipinski definition) is 1. The third kappa shape index (κ3) is 5.10. The molecule has 0 saturated heterocycles. The highest BCUT2D eigenvalue weighted by Gasteiger charge is 2.05. The molecule has 0 spiro atoms. The second kappa shape index (κ2) is 9.32. The number of carbonyl (C=O) groups excluding carboxylic acids is 1. The van der Waals surface area contributed by atoms with Crippen molar-refractivity contribution in [1.82, 2.24) is 0 Å². The van der Waals surface area contributed by atoms with Gasteiger partial charge in [-0.1, -0.05) is 18.2 Å². The number of methoxy groups -OCH3 is 1. The molecule has 0 aliphatic carbocycles. The maximum absolute atomic E-state index is 10.5. The fraction of sp³-hybridized carbons (Fsp3) is 0.222.